The molecule has 2 rings (SSSR count). The summed E-state index contributed by atoms with van der Waals surface area (Å²) in [6.07, 6.45) is 2.42. The number of nitrogens with zero attached hydrogens (tertiary/aromatic N) is 4. The molecule has 1 aromatic carbocycles. The highest BCUT2D eigenvalue weighted by atomic mass is 19.1. The Balaban J connectivity index is 2.33. The summed E-state index contributed by atoms with van der Waals surface area (Å²) >= 11 is 0. The topological polar surface area (TPSA) is 61.9 Å². The van der Waals surface area contributed by atoms with Gasteiger partial charge in [-0.1, -0.05) is 6.92 Å². The number of hydrogen-bond donors (Lipinski definition) is 0. The Hall–Kier alpha value is -2.68. The van der Waals surface area contributed by atoms with Crippen LogP contribution in [0.3, 0.4) is 0 Å². The van der Waals surface area contributed by atoms with Crippen molar-refractivity contribution in [2.45, 2.75) is 19.8 Å². The Kier molecular flexibility index (Phi) is 4.89. The van der Waals surface area contributed by atoms with Crippen molar-refractivity contribution in [3.63, 3.8) is 0 Å². The maximum Gasteiger partial charge on any atom is 0.257 e. The summed E-state index contributed by atoms with van der Waals surface area (Å²) in [6.45, 7) is 2.31. The van der Waals surface area contributed by atoms with Crippen molar-refractivity contribution in [2.75, 3.05) is 13.6 Å². The number of aromatic nitrogens is 2. The van der Waals surface area contributed by atoms with Gasteiger partial charge in [0.05, 0.1) is 35.6 Å². The van der Waals surface area contributed by atoms with E-state index in [1.807, 2.05) is 13.0 Å². The van der Waals surface area contributed by atoms with E-state index in [4.69, 9.17) is 5.26 Å². The summed E-state index contributed by atoms with van der Waals surface area (Å²) in [5, 5.41) is 12.9. The molecule has 0 radical (unpaired) electrons. The number of benzene rings is 1. The second-order valence-corrected chi connectivity index (χ2v) is 4.88. The minimum Gasteiger partial charge on any atom is -0.341 e. The summed E-state index contributed by atoms with van der Waals surface area (Å²) in [4.78, 5) is 13.9. The standard InChI is InChI=1S/C16H17FN4O/c1-3-15-14(16(22)20(2)10-4-9-18)11-19-21(15)13-7-5-12(17)6-8-13/h5-8,11H,3-4,10H2,1-2H3. The summed E-state index contributed by atoms with van der Waals surface area (Å²) in [6, 6.07) is 7.98. The number of carbonyl (C=O) groups is 1. The Bertz CT molecular complexity index is 700. The maximum atomic E-state index is 13.0. The Morgan fingerprint density at radius 1 is 1.41 bits per heavy atom. The van der Waals surface area contributed by atoms with Gasteiger partial charge < -0.3 is 4.90 Å². The predicted octanol–water partition coefficient (Wildman–Crippen LogP) is 2.56. The molecule has 2 aromatic rings. The Morgan fingerprint density at radius 2 is 2.09 bits per heavy atom. The van der Waals surface area contributed by atoms with E-state index in [0.29, 0.717) is 24.2 Å². The zero-order valence-corrected chi connectivity index (χ0v) is 12.6. The molecule has 1 aromatic heterocycles. The predicted molar refractivity (Wildman–Crippen MR) is 80.1 cm³/mol. The molecule has 114 valence electrons. The molecule has 0 fully saturated rings. The Labute approximate surface area is 128 Å². The van der Waals surface area contributed by atoms with Gasteiger partial charge in [0.2, 0.25) is 0 Å². The van der Waals surface area contributed by atoms with Gasteiger partial charge in [-0.05, 0) is 30.7 Å². The normalized spacial score (nSPS) is 10.3. The molecular formula is C16H17FN4O. The van der Waals surface area contributed by atoms with Gasteiger partial charge in [0, 0.05) is 13.6 Å². The van der Waals surface area contributed by atoms with Crippen LogP contribution in [0.5, 0.6) is 0 Å². The molecule has 0 aliphatic carbocycles. The lowest BCUT2D eigenvalue weighted by Crippen LogP contribution is -2.28. The molecule has 0 aliphatic heterocycles. The summed E-state index contributed by atoms with van der Waals surface area (Å²) in [7, 11) is 1.66. The molecule has 0 bridgehead atoms. The van der Waals surface area contributed by atoms with Crippen molar-refractivity contribution in [3.8, 4) is 11.8 Å². The van der Waals surface area contributed by atoms with Gasteiger partial charge in [0.15, 0.2) is 0 Å². The molecular weight excluding hydrogens is 283 g/mol. The first-order chi connectivity index (χ1) is 10.6. The molecule has 5 nitrogen and oxygen atoms in total. The van der Waals surface area contributed by atoms with Crippen molar-refractivity contribution in [2.24, 2.45) is 0 Å². The van der Waals surface area contributed by atoms with Crippen LogP contribution >= 0.6 is 0 Å². The second-order valence-electron chi connectivity index (χ2n) is 4.88. The first kappa shape index (κ1) is 15.7. The number of nitriles is 1. The van der Waals surface area contributed by atoms with Crippen molar-refractivity contribution < 1.29 is 9.18 Å². The highest BCUT2D eigenvalue weighted by Gasteiger charge is 2.20. The molecule has 0 spiro atoms. The van der Waals surface area contributed by atoms with E-state index in [1.165, 1.54) is 23.2 Å². The molecule has 22 heavy (non-hydrogen) atoms. The first-order valence-electron chi connectivity index (χ1n) is 7.03. The van der Waals surface area contributed by atoms with E-state index in [9.17, 15) is 9.18 Å². The van der Waals surface area contributed by atoms with E-state index >= 15 is 0 Å². The third-order valence-corrected chi connectivity index (χ3v) is 3.41. The van der Waals surface area contributed by atoms with Crippen LogP contribution in [0.1, 0.15) is 29.4 Å². The van der Waals surface area contributed by atoms with Crippen molar-refractivity contribution >= 4 is 5.91 Å². The van der Waals surface area contributed by atoms with Crippen LogP contribution in [0.2, 0.25) is 0 Å². The average molecular weight is 300 g/mol. The molecule has 6 heteroatoms. The molecule has 0 unspecified atom stereocenters. The van der Waals surface area contributed by atoms with Crippen LogP contribution in [0.25, 0.3) is 5.69 Å². The highest BCUT2D eigenvalue weighted by molar-refractivity contribution is 5.95. The Morgan fingerprint density at radius 3 is 2.68 bits per heavy atom. The van der Waals surface area contributed by atoms with Crippen LogP contribution in [-0.2, 0) is 6.42 Å². The minimum absolute atomic E-state index is 0.166. The number of rotatable bonds is 5. The fraction of sp³-hybridized carbons (Fsp3) is 0.312. The zero-order chi connectivity index (χ0) is 16.1. The van der Waals surface area contributed by atoms with Crippen LogP contribution in [-0.4, -0.2) is 34.2 Å². The lowest BCUT2D eigenvalue weighted by molar-refractivity contribution is 0.0797. The first-order valence-corrected chi connectivity index (χ1v) is 7.03. The number of carbonyl (C=O) groups excluding carboxylic acids is 1. The van der Waals surface area contributed by atoms with E-state index in [0.717, 1.165) is 5.69 Å². The maximum absolute atomic E-state index is 13.0. The smallest absolute Gasteiger partial charge is 0.257 e. The summed E-state index contributed by atoms with van der Waals surface area (Å²) < 4.78 is 14.7. The fourth-order valence-electron chi connectivity index (χ4n) is 2.22. The molecule has 1 heterocycles. The average Bonchev–Trinajstić information content (AvgIpc) is 2.96. The molecule has 0 N–H and O–H groups in total. The highest BCUT2D eigenvalue weighted by Crippen LogP contribution is 2.17. The monoisotopic (exact) mass is 300 g/mol. The number of hydrogen-bond acceptors (Lipinski definition) is 3. The van der Waals surface area contributed by atoms with Gasteiger partial charge in [-0.15, -0.1) is 0 Å². The van der Waals surface area contributed by atoms with Gasteiger partial charge in [0.1, 0.15) is 5.82 Å². The van der Waals surface area contributed by atoms with Gasteiger partial charge in [-0.25, -0.2) is 9.07 Å². The largest absolute Gasteiger partial charge is 0.341 e. The quantitative estimate of drug-likeness (QED) is 0.852. The van der Waals surface area contributed by atoms with E-state index in [1.54, 1.807) is 23.9 Å². The van der Waals surface area contributed by atoms with Crippen LogP contribution in [0.15, 0.2) is 30.5 Å². The van der Waals surface area contributed by atoms with E-state index in [-0.39, 0.29) is 18.1 Å². The number of halogens is 1. The van der Waals surface area contributed by atoms with Crippen molar-refractivity contribution in [1.29, 1.82) is 5.26 Å². The summed E-state index contributed by atoms with van der Waals surface area (Å²) in [5.41, 5.74) is 1.98. The van der Waals surface area contributed by atoms with E-state index < -0.39 is 0 Å². The lowest BCUT2D eigenvalue weighted by Gasteiger charge is -2.15. The zero-order valence-electron chi connectivity index (χ0n) is 12.6. The molecule has 0 aliphatic rings. The van der Waals surface area contributed by atoms with Crippen molar-refractivity contribution in [1.82, 2.24) is 14.7 Å². The van der Waals surface area contributed by atoms with Crippen LogP contribution in [0.4, 0.5) is 4.39 Å². The number of amides is 1. The van der Waals surface area contributed by atoms with Crippen LogP contribution < -0.4 is 0 Å². The third-order valence-electron chi connectivity index (χ3n) is 3.41. The molecule has 0 atom stereocenters. The van der Waals surface area contributed by atoms with Gasteiger partial charge in [-0.3, -0.25) is 4.79 Å². The van der Waals surface area contributed by atoms with Gasteiger partial charge in [0.25, 0.3) is 5.91 Å². The van der Waals surface area contributed by atoms with Gasteiger partial charge >= 0.3 is 0 Å². The third kappa shape index (κ3) is 3.14. The summed E-state index contributed by atoms with van der Waals surface area (Å²) in [5.74, 6) is -0.484. The minimum atomic E-state index is -0.318. The second kappa shape index (κ2) is 6.85. The van der Waals surface area contributed by atoms with Crippen LogP contribution in [0, 0.1) is 17.1 Å². The van der Waals surface area contributed by atoms with Crippen molar-refractivity contribution in [3.05, 3.63) is 47.5 Å². The van der Waals surface area contributed by atoms with Gasteiger partial charge in [-0.2, -0.15) is 10.4 Å². The lowest BCUT2D eigenvalue weighted by atomic mass is 10.1. The fourth-order valence-corrected chi connectivity index (χ4v) is 2.22. The molecule has 1 amide bonds. The SMILES string of the molecule is CCc1c(C(=O)N(C)CCC#N)cnn1-c1ccc(F)cc1. The molecule has 0 saturated carbocycles. The molecule has 0 saturated heterocycles. The van der Waals surface area contributed by atoms with E-state index in [2.05, 4.69) is 5.10 Å².